The van der Waals surface area contributed by atoms with Gasteiger partial charge < -0.3 is 18.9 Å². The van der Waals surface area contributed by atoms with Crippen LogP contribution in [0.4, 0.5) is 0 Å². The van der Waals surface area contributed by atoms with Crippen LogP contribution in [0.2, 0.25) is 0 Å². The quantitative estimate of drug-likeness (QED) is 0.473. The number of ether oxygens (including phenoxy) is 2. The number of carbonyl (C=O) groups excluding carboxylic acids is 2. The molecule has 1 saturated carbocycles. The van der Waals surface area contributed by atoms with Crippen molar-refractivity contribution in [1.82, 2.24) is 10.1 Å². The van der Waals surface area contributed by atoms with E-state index in [9.17, 15) is 9.59 Å². The SMILES string of the molecule is Cc1noc(C)c1COc1cc2ccccc2cc1C(=O)OCC(=O)N(C)C1CCCCC1. The van der Waals surface area contributed by atoms with E-state index in [1.165, 1.54) is 6.42 Å². The van der Waals surface area contributed by atoms with E-state index >= 15 is 0 Å². The number of likely N-dealkylation sites (N-methyl/N-ethyl adjacent to an activating group) is 1. The monoisotopic (exact) mass is 450 g/mol. The van der Waals surface area contributed by atoms with E-state index in [0.717, 1.165) is 47.7 Å². The van der Waals surface area contributed by atoms with Crippen LogP contribution < -0.4 is 4.74 Å². The largest absolute Gasteiger partial charge is 0.488 e. The molecule has 0 bridgehead atoms. The molecule has 7 nitrogen and oxygen atoms in total. The number of esters is 1. The third-order valence-corrected chi connectivity index (χ3v) is 6.46. The van der Waals surface area contributed by atoms with Gasteiger partial charge in [-0.2, -0.15) is 0 Å². The number of rotatable bonds is 7. The van der Waals surface area contributed by atoms with Crippen molar-refractivity contribution in [2.45, 2.75) is 58.6 Å². The molecule has 1 aromatic heterocycles. The Kier molecular flexibility index (Phi) is 6.96. The lowest BCUT2D eigenvalue weighted by atomic mass is 9.94. The Hall–Kier alpha value is -3.35. The standard InChI is InChI=1S/C26H30N2O5/c1-17-23(18(2)33-27-17)15-31-24-14-20-10-8-7-9-19(20)13-22(24)26(30)32-16-25(29)28(3)21-11-5-4-6-12-21/h7-10,13-14,21H,4-6,11-12,15-16H2,1-3H3. The molecule has 2 aromatic carbocycles. The minimum absolute atomic E-state index is 0.186. The van der Waals surface area contributed by atoms with Crippen LogP contribution >= 0.6 is 0 Å². The Labute approximate surface area is 193 Å². The molecule has 4 rings (SSSR count). The van der Waals surface area contributed by atoms with Gasteiger partial charge in [0.2, 0.25) is 0 Å². The number of hydrogen-bond acceptors (Lipinski definition) is 6. The number of fused-ring (bicyclic) bond motifs is 1. The van der Waals surface area contributed by atoms with Gasteiger partial charge in [0.15, 0.2) is 6.61 Å². The zero-order chi connectivity index (χ0) is 23.4. The van der Waals surface area contributed by atoms with Gasteiger partial charge in [0.25, 0.3) is 5.91 Å². The highest BCUT2D eigenvalue weighted by Crippen LogP contribution is 2.28. The van der Waals surface area contributed by atoms with Gasteiger partial charge in [0.05, 0.1) is 11.3 Å². The Bertz CT molecular complexity index is 1130. The average Bonchev–Trinajstić information content (AvgIpc) is 3.17. The Morgan fingerprint density at radius 2 is 1.79 bits per heavy atom. The first-order chi connectivity index (χ1) is 15.9. The zero-order valence-corrected chi connectivity index (χ0v) is 19.4. The topological polar surface area (TPSA) is 81.9 Å². The van der Waals surface area contributed by atoms with E-state index in [-0.39, 0.29) is 30.7 Å². The van der Waals surface area contributed by atoms with Gasteiger partial charge in [-0.15, -0.1) is 0 Å². The molecular weight excluding hydrogens is 420 g/mol. The highest BCUT2D eigenvalue weighted by atomic mass is 16.5. The summed E-state index contributed by atoms with van der Waals surface area (Å²) in [6, 6.07) is 11.5. The molecule has 0 saturated heterocycles. The van der Waals surface area contributed by atoms with Gasteiger partial charge in [-0.3, -0.25) is 4.79 Å². The highest BCUT2D eigenvalue weighted by molar-refractivity contribution is 5.99. The number of aromatic nitrogens is 1. The number of nitrogens with zero attached hydrogens (tertiary/aromatic N) is 2. The molecule has 0 unspecified atom stereocenters. The minimum atomic E-state index is -0.583. The fourth-order valence-corrected chi connectivity index (χ4v) is 4.34. The van der Waals surface area contributed by atoms with Gasteiger partial charge in [0, 0.05) is 13.1 Å². The van der Waals surface area contributed by atoms with Crippen molar-refractivity contribution in [3.8, 4) is 5.75 Å². The second-order valence-corrected chi connectivity index (χ2v) is 8.66. The molecule has 33 heavy (non-hydrogen) atoms. The molecule has 1 amide bonds. The third-order valence-electron chi connectivity index (χ3n) is 6.46. The maximum atomic E-state index is 13.0. The molecule has 0 aliphatic heterocycles. The van der Waals surface area contributed by atoms with Gasteiger partial charge in [-0.05, 0) is 49.6 Å². The molecule has 1 fully saturated rings. The summed E-state index contributed by atoms with van der Waals surface area (Å²) < 4.78 is 16.7. The molecule has 0 radical (unpaired) electrons. The number of aryl methyl sites for hydroxylation is 2. The number of carbonyl (C=O) groups is 2. The summed E-state index contributed by atoms with van der Waals surface area (Å²) in [6.45, 7) is 3.59. The summed E-state index contributed by atoms with van der Waals surface area (Å²) in [7, 11) is 1.79. The van der Waals surface area contributed by atoms with E-state index < -0.39 is 5.97 Å². The van der Waals surface area contributed by atoms with Crippen molar-refractivity contribution in [3.05, 3.63) is 59.0 Å². The van der Waals surface area contributed by atoms with E-state index in [4.69, 9.17) is 14.0 Å². The molecule has 0 atom stereocenters. The molecule has 0 N–H and O–H groups in total. The van der Waals surface area contributed by atoms with Gasteiger partial charge in [0.1, 0.15) is 23.7 Å². The fourth-order valence-electron chi connectivity index (χ4n) is 4.34. The van der Waals surface area contributed by atoms with Crippen LogP contribution in [-0.4, -0.2) is 41.6 Å². The zero-order valence-electron chi connectivity index (χ0n) is 19.4. The molecule has 0 spiro atoms. The van der Waals surface area contributed by atoms with Gasteiger partial charge in [-0.1, -0.05) is 48.7 Å². The first kappa shape index (κ1) is 22.8. The van der Waals surface area contributed by atoms with Crippen molar-refractivity contribution in [1.29, 1.82) is 0 Å². The van der Waals surface area contributed by atoms with E-state index in [1.54, 1.807) is 18.0 Å². The summed E-state index contributed by atoms with van der Waals surface area (Å²) in [5.41, 5.74) is 1.87. The number of benzene rings is 2. The maximum absolute atomic E-state index is 13.0. The third kappa shape index (κ3) is 5.18. The Balaban J connectivity index is 1.50. The van der Waals surface area contributed by atoms with Crippen molar-refractivity contribution in [2.24, 2.45) is 0 Å². The second kappa shape index (κ2) is 10.1. The molecule has 1 heterocycles. The van der Waals surface area contributed by atoms with Gasteiger partial charge in [-0.25, -0.2) is 4.79 Å². The van der Waals surface area contributed by atoms with Crippen molar-refractivity contribution >= 4 is 22.6 Å². The Morgan fingerprint density at radius 3 is 2.45 bits per heavy atom. The lowest BCUT2D eigenvalue weighted by Gasteiger charge is -2.31. The van der Waals surface area contributed by atoms with E-state index in [0.29, 0.717) is 11.5 Å². The molecule has 7 heteroatoms. The first-order valence-corrected chi connectivity index (χ1v) is 11.4. The first-order valence-electron chi connectivity index (χ1n) is 11.4. The number of hydrogen-bond donors (Lipinski definition) is 0. The van der Waals surface area contributed by atoms with Crippen molar-refractivity contribution in [2.75, 3.05) is 13.7 Å². The van der Waals surface area contributed by atoms with Crippen LogP contribution in [0.5, 0.6) is 5.75 Å². The summed E-state index contributed by atoms with van der Waals surface area (Å²) in [6.07, 6.45) is 5.48. The minimum Gasteiger partial charge on any atom is -0.488 e. The molecule has 3 aromatic rings. The van der Waals surface area contributed by atoms with Crippen LogP contribution in [0.3, 0.4) is 0 Å². The van der Waals surface area contributed by atoms with Crippen LogP contribution in [0, 0.1) is 13.8 Å². The smallest absolute Gasteiger partial charge is 0.342 e. The van der Waals surface area contributed by atoms with Crippen molar-refractivity contribution < 1.29 is 23.6 Å². The summed E-state index contributed by atoms with van der Waals surface area (Å²) in [5, 5.41) is 5.78. The summed E-state index contributed by atoms with van der Waals surface area (Å²) in [5.74, 6) is 0.301. The van der Waals surface area contributed by atoms with Crippen LogP contribution in [0.1, 0.15) is 59.5 Å². The van der Waals surface area contributed by atoms with Crippen molar-refractivity contribution in [3.63, 3.8) is 0 Å². The average molecular weight is 451 g/mol. The van der Waals surface area contributed by atoms with Crippen LogP contribution in [-0.2, 0) is 16.1 Å². The summed E-state index contributed by atoms with van der Waals surface area (Å²) >= 11 is 0. The van der Waals surface area contributed by atoms with E-state index in [2.05, 4.69) is 5.16 Å². The Morgan fingerprint density at radius 1 is 1.09 bits per heavy atom. The lowest BCUT2D eigenvalue weighted by molar-refractivity contribution is -0.135. The molecular formula is C26H30N2O5. The number of amides is 1. The lowest BCUT2D eigenvalue weighted by Crippen LogP contribution is -2.40. The van der Waals surface area contributed by atoms with E-state index in [1.807, 2.05) is 44.2 Å². The van der Waals surface area contributed by atoms with Crippen LogP contribution in [0.25, 0.3) is 10.8 Å². The van der Waals surface area contributed by atoms with Gasteiger partial charge >= 0.3 is 5.97 Å². The van der Waals surface area contributed by atoms with Crippen LogP contribution in [0.15, 0.2) is 40.9 Å². The summed E-state index contributed by atoms with van der Waals surface area (Å²) in [4.78, 5) is 27.4. The molecule has 1 aliphatic rings. The maximum Gasteiger partial charge on any atom is 0.342 e. The molecule has 1 aliphatic carbocycles. The molecule has 174 valence electrons. The second-order valence-electron chi connectivity index (χ2n) is 8.66. The predicted octanol–water partition coefficient (Wildman–Crippen LogP) is 4.97. The predicted molar refractivity (Wildman–Crippen MR) is 124 cm³/mol. The fraction of sp³-hybridized carbons (Fsp3) is 0.423. The normalized spacial score (nSPS) is 14.3. The highest BCUT2D eigenvalue weighted by Gasteiger charge is 2.24.